The van der Waals surface area contributed by atoms with Gasteiger partial charge in [0.15, 0.2) is 0 Å². The number of hydrogen-bond acceptors (Lipinski definition) is 3. The van der Waals surface area contributed by atoms with Crippen molar-refractivity contribution in [2.75, 3.05) is 19.7 Å². The van der Waals surface area contributed by atoms with Gasteiger partial charge in [0.25, 0.3) is 5.91 Å². The average Bonchev–Trinajstić information content (AvgIpc) is 2.36. The van der Waals surface area contributed by atoms with Crippen LogP contribution in [0.3, 0.4) is 0 Å². The van der Waals surface area contributed by atoms with Crippen molar-refractivity contribution in [2.24, 2.45) is 0 Å². The van der Waals surface area contributed by atoms with Gasteiger partial charge in [-0.15, -0.1) is 0 Å². The van der Waals surface area contributed by atoms with E-state index in [9.17, 15) is 4.79 Å². The average molecular weight is 249 g/mol. The van der Waals surface area contributed by atoms with Crippen molar-refractivity contribution < 1.29 is 9.53 Å². The number of carbonyl (C=O) groups is 1. The Balaban J connectivity index is 2.79. The van der Waals surface area contributed by atoms with Crippen molar-refractivity contribution >= 4 is 5.91 Å². The summed E-state index contributed by atoms with van der Waals surface area (Å²) in [6.07, 6.45) is 5.71. The fourth-order valence-electron chi connectivity index (χ4n) is 2.02. The van der Waals surface area contributed by atoms with E-state index in [1.165, 1.54) is 0 Å². The second-order valence-corrected chi connectivity index (χ2v) is 4.89. The molecule has 1 aliphatic rings. The Morgan fingerprint density at radius 2 is 2.33 bits per heavy atom. The summed E-state index contributed by atoms with van der Waals surface area (Å²) in [7, 11) is 0. The van der Waals surface area contributed by atoms with Gasteiger partial charge in [-0.25, -0.2) is 0 Å². The van der Waals surface area contributed by atoms with E-state index in [-0.39, 0.29) is 11.5 Å². The Morgan fingerprint density at radius 3 is 2.83 bits per heavy atom. The molecule has 1 saturated heterocycles. The molecule has 0 aromatic heterocycles. The number of nitrogens with zero attached hydrogens (tertiary/aromatic N) is 2. The van der Waals surface area contributed by atoms with Crippen molar-refractivity contribution in [3.05, 3.63) is 18.1 Å². The molecule has 18 heavy (non-hydrogen) atoms. The fourth-order valence-corrected chi connectivity index (χ4v) is 2.02. The highest BCUT2D eigenvalue weighted by Crippen LogP contribution is 2.17. The van der Waals surface area contributed by atoms with E-state index in [1.807, 2.05) is 26.8 Å². The molecule has 0 spiro atoms. The lowest BCUT2D eigenvalue weighted by atomic mass is 10.0. The zero-order valence-corrected chi connectivity index (χ0v) is 11.4. The summed E-state index contributed by atoms with van der Waals surface area (Å²) in [4.78, 5) is 13.9. The number of ether oxygens (including phenoxy) is 1. The van der Waals surface area contributed by atoms with Gasteiger partial charge >= 0.3 is 0 Å². The number of carbonyl (C=O) groups excluding carboxylic acids is 1. The quantitative estimate of drug-likeness (QED) is 0.566. The second kappa shape index (κ2) is 6.55. The van der Waals surface area contributed by atoms with Gasteiger partial charge in [-0.1, -0.05) is 0 Å². The first-order chi connectivity index (χ1) is 8.50. The van der Waals surface area contributed by atoms with E-state index in [0.717, 1.165) is 19.4 Å². The SMILES string of the molecule is CCOC(C)(C)C=C(C#N)C(=O)N1C[CH]CCC1. The Labute approximate surface area is 109 Å². The summed E-state index contributed by atoms with van der Waals surface area (Å²) in [5, 5.41) is 9.13. The molecule has 0 atom stereocenters. The van der Waals surface area contributed by atoms with Gasteiger partial charge in [-0.2, -0.15) is 5.26 Å². The number of likely N-dealkylation sites (tertiary alicyclic amines) is 1. The topological polar surface area (TPSA) is 53.3 Å². The summed E-state index contributed by atoms with van der Waals surface area (Å²) >= 11 is 0. The largest absolute Gasteiger partial charge is 0.372 e. The fraction of sp³-hybridized carbons (Fsp3) is 0.643. The Morgan fingerprint density at radius 1 is 1.61 bits per heavy atom. The van der Waals surface area contributed by atoms with Gasteiger partial charge in [0.2, 0.25) is 0 Å². The van der Waals surface area contributed by atoms with Crippen LogP contribution in [0.15, 0.2) is 11.6 Å². The summed E-state index contributed by atoms with van der Waals surface area (Å²) in [5.41, 5.74) is -0.418. The molecule has 1 radical (unpaired) electrons. The maximum absolute atomic E-state index is 12.2. The minimum atomic E-state index is -0.588. The van der Waals surface area contributed by atoms with E-state index < -0.39 is 5.60 Å². The van der Waals surface area contributed by atoms with Crippen molar-refractivity contribution in [2.45, 2.75) is 39.2 Å². The first-order valence-corrected chi connectivity index (χ1v) is 6.38. The molecule has 1 amide bonds. The highest BCUT2D eigenvalue weighted by atomic mass is 16.5. The van der Waals surface area contributed by atoms with Crippen LogP contribution in [0.5, 0.6) is 0 Å². The predicted molar refractivity (Wildman–Crippen MR) is 69.5 cm³/mol. The van der Waals surface area contributed by atoms with Crippen LogP contribution in [0, 0.1) is 17.8 Å². The van der Waals surface area contributed by atoms with Gasteiger partial charge < -0.3 is 9.64 Å². The molecule has 1 heterocycles. The number of amides is 1. The molecule has 0 bridgehead atoms. The zero-order chi connectivity index (χ0) is 13.6. The molecule has 1 aliphatic heterocycles. The summed E-state index contributed by atoms with van der Waals surface area (Å²) < 4.78 is 5.49. The lowest BCUT2D eigenvalue weighted by Gasteiger charge is -2.27. The molecule has 0 aliphatic carbocycles. The molecule has 0 unspecified atom stereocenters. The van der Waals surface area contributed by atoms with E-state index in [0.29, 0.717) is 13.2 Å². The van der Waals surface area contributed by atoms with Crippen molar-refractivity contribution in [1.29, 1.82) is 5.26 Å². The van der Waals surface area contributed by atoms with Crippen molar-refractivity contribution in [1.82, 2.24) is 4.90 Å². The van der Waals surface area contributed by atoms with Crippen LogP contribution in [0.4, 0.5) is 0 Å². The molecule has 4 nitrogen and oxygen atoms in total. The van der Waals surface area contributed by atoms with E-state index in [4.69, 9.17) is 10.00 Å². The standard InChI is InChI=1S/C14H21N2O2/c1-4-18-14(2,3)10-12(11-15)13(17)16-8-6-5-7-9-16/h6,10H,4-5,7-9H2,1-3H3. The summed E-state index contributed by atoms with van der Waals surface area (Å²) in [5.74, 6) is -0.193. The van der Waals surface area contributed by atoms with Crippen LogP contribution in [-0.2, 0) is 9.53 Å². The second-order valence-electron chi connectivity index (χ2n) is 4.89. The molecular formula is C14H21N2O2. The van der Waals surface area contributed by atoms with Gasteiger partial charge in [-0.05, 0) is 46.1 Å². The van der Waals surface area contributed by atoms with Crippen LogP contribution in [-0.4, -0.2) is 36.1 Å². The summed E-state index contributed by atoms with van der Waals surface area (Å²) in [6.45, 7) is 7.50. The first-order valence-electron chi connectivity index (χ1n) is 6.38. The monoisotopic (exact) mass is 249 g/mol. The predicted octanol–water partition coefficient (Wildman–Crippen LogP) is 2.08. The smallest absolute Gasteiger partial charge is 0.264 e. The maximum atomic E-state index is 12.2. The number of piperidine rings is 1. The third-order valence-corrected chi connectivity index (χ3v) is 2.83. The number of rotatable bonds is 4. The first kappa shape index (κ1) is 14.7. The van der Waals surface area contributed by atoms with Crippen molar-refractivity contribution in [3.63, 3.8) is 0 Å². The maximum Gasteiger partial charge on any atom is 0.264 e. The molecule has 1 fully saturated rings. The number of hydrogen-bond donors (Lipinski definition) is 0. The molecule has 1 rings (SSSR count). The molecule has 0 N–H and O–H groups in total. The van der Waals surface area contributed by atoms with Gasteiger partial charge in [-0.3, -0.25) is 4.79 Å². The molecule has 99 valence electrons. The normalized spacial score (nSPS) is 17.4. The third-order valence-electron chi connectivity index (χ3n) is 2.83. The highest BCUT2D eigenvalue weighted by Gasteiger charge is 2.24. The Kier molecular flexibility index (Phi) is 5.36. The summed E-state index contributed by atoms with van der Waals surface area (Å²) in [6, 6.07) is 1.99. The molecule has 0 saturated carbocycles. The van der Waals surface area contributed by atoms with Gasteiger partial charge in [0.05, 0.1) is 5.60 Å². The zero-order valence-electron chi connectivity index (χ0n) is 11.4. The van der Waals surface area contributed by atoms with E-state index in [2.05, 4.69) is 6.42 Å². The lowest BCUT2D eigenvalue weighted by molar-refractivity contribution is -0.127. The minimum Gasteiger partial charge on any atom is -0.372 e. The van der Waals surface area contributed by atoms with E-state index >= 15 is 0 Å². The third kappa shape index (κ3) is 4.15. The van der Waals surface area contributed by atoms with Gasteiger partial charge in [0, 0.05) is 19.7 Å². The van der Waals surface area contributed by atoms with Crippen LogP contribution >= 0.6 is 0 Å². The van der Waals surface area contributed by atoms with Gasteiger partial charge in [0.1, 0.15) is 11.6 Å². The van der Waals surface area contributed by atoms with Crippen LogP contribution in [0.1, 0.15) is 33.6 Å². The molecule has 4 heteroatoms. The van der Waals surface area contributed by atoms with Crippen LogP contribution < -0.4 is 0 Å². The van der Waals surface area contributed by atoms with E-state index in [1.54, 1.807) is 11.0 Å². The number of nitriles is 1. The molecular weight excluding hydrogens is 228 g/mol. The molecule has 0 aromatic rings. The van der Waals surface area contributed by atoms with Crippen LogP contribution in [0.25, 0.3) is 0 Å². The Hall–Kier alpha value is -1.34. The van der Waals surface area contributed by atoms with Crippen molar-refractivity contribution in [3.8, 4) is 6.07 Å². The Bertz CT molecular complexity index is 360. The highest BCUT2D eigenvalue weighted by molar-refractivity contribution is 5.97. The van der Waals surface area contributed by atoms with Crippen LogP contribution in [0.2, 0.25) is 0 Å². The minimum absolute atomic E-state index is 0.170. The molecule has 0 aromatic carbocycles. The lowest BCUT2D eigenvalue weighted by Crippen LogP contribution is -2.37.